The van der Waals surface area contributed by atoms with Crippen molar-refractivity contribution < 1.29 is 23.5 Å². The number of fused-ring (bicyclic) bond motifs is 1. The van der Waals surface area contributed by atoms with Crippen molar-refractivity contribution in [3.05, 3.63) is 92.1 Å². The Hall–Kier alpha value is -4.40. The van der Waals surface area contributed by atoms with Gasteiger partial charge in [0.2, 0.25) is 0 Å². The minimum absolute atomic E-state index is 0.0680. The fourth-order valence-corrected chi connectivity index (χ4v) is 8.25. The van der Waals surface area contributed by atoms with E-state index >= 15 is 4.39 Å². The zero-order valence-electron chi connectivity index (χ0n) is 29.6. The largest absolute Gasteiger partial charge is 0.484 e. The molecule has 1 N–H and O–H groups in total. The average molecular weight is 668 g/mol. The molecule has 3 heterocycles. The highest BCUT2D eigenvalue weighted by Gasteiger charge is 2.50. The molecule has 1 amide bonds. The number of aromatic amines is 1. The number of hydrogen-bond acceptors (Lipinski definition) is 6. The predicted octanol–water partition coefficient (Wildman–Crippen LogP) is 7.76. The number of halogens is 1. The molecule has 2 aromatic carbocycles. The minimum atomic E-state index is -1.01. The van der Waals surface area contributed by atoms with Crippen LogP contribution in [0.25, 0.3) is 0 Å². The Balaban J connectivity index is 1.45. The molecule has 1 aliphatic carbocycles. The maximum absolute atomic E-state index is 15.4. The molecule has 3 atom stereocenters. The van der Waals surface area contributed by atoms with E-state index in [1.165, 1.54) is 6.07 Å². The number of esters is 1. The van der Waals surface area contributed by atoms with Crippen molar-refractivity contribution in [2.24, 2.45) is 21.3 Å². The standard InChI is InChI=1S/C40H46FN3O5/c1-8-24(38(4,5)6)19-40(9-2)29-17-32(44-36(46)28(29)21-49-37(40)47)35-39(7)20-25(42-33(45)22-48-26-13-11-10-12-14-26)15-16-27-23(3)30(41)18-31(43-35)34(27)39/h10-14,17-18,24H,8-9,15-16,19-22H2,1-7H3,(H,44,46)/t24-,39?,40+/m1/s1. The molecular weight excluding hydrogens is 621 g/mol. The van der Waals surface area contributed by atoms with Crippen LogP contribution in [0.4, 0.5) is 10.1 Å². The molecule has 0 fully saturated rings. The summed E-state index contributed by atoms with van der Waals surface area (Å²) in [6.07, 6.45) is 3.18. The molecule has 9 heteroatoms. The average Bonchev–Trinajstić information content (AvgIpc) is 3.24. The monoisotopic (exact) mass is 667 g/mol. The number of carbonyl (C=O) groups is 2. The van der Waals surface area contributed by atoms with E-state index in [1.807, 2.05) is 38.1 Å². The van der Waals surface area contributed by atoms with Crippen LogP contribution in [0.1, 0.15) is 107 Å². The van der Waals surface area contributed by atoms with Gasteiger partial charge >= 0.3 is 5.97 Å². The summed E-state index contributed by atoms with van der Waals surface area (Å²) >= 11 is 0. The first-order chi connectivity index (χ1) is 23.2. The number of para-hydroxylation sites is 1. The van der Waals surface area contributed by atoms with E-state index in [9.17, 15) is 14.4 Å². The van der Waals surface area contributed by atoms with Crippen LogP contribution in [0.3, 0.4) is 0 Å². The Morgan fingerprint density at radius 2 is 1.86 bits per heavy atom. The highest BCUT2D eigenvalue weighted by molar-refractivity contribution is 6.15. The molecule has 8 nitrogen and oxygen atoms in total. The summed E-state index contributed by atoms with van der Waals surface area (Å²) in [7, 11) is 0. The van der Waals surface area contributed by atoms with Gasteiger partial charge in [-0.1, -0.05) is 59.2 Å². The first kappa shape index (κ1) is 34.5. The van der Waals surface area contributed by atoms with E-state index in [2.05, 4.69) is 37.7 Å². The van der Waals surface area contributed by atoms with E-state index < -0.39 is 16.7 Å². The summed E-state index contributed by atoms with van der Waals surface area (Å²) in [5, 5.41) is 0. The molecule has 2 aliphatic heterocycles. The normalized spacial score (nSPS) is 22.9. The van der Waals surface area contributed by atoms with E-state index in [0.29, 0.717) is 77.3 Å². The Kier molecular flexibility index (Phi) is 9.01. The Bertz CT molecular complexity index is 1940. The number of rotatable bonds is 8. The zero-order valence-corrected chi connectivity index (χ0v) is 29.6. The third kappa shape index (κ3) is 6.06. The topological polar surface area (TPSA) is 110 Å². The summed E-state index contributed by atoms with van der Waals surface area (Å²) < 4.78 is 26.8. The number of carbonyl (C=O) groups excluding carboxylic acids is 2. The number of aliphatic imine (C=N–C) groups is 2. The van der Waals surface area contributed by atoms with Crippen molar-refractivity contribution in [2.75, 3.05) is 6.61 Å². The van der Waals surface area contributed by atoms with Crippen LogP contribution in [0.15, 0.2) is 57.2 Å². The van der Waals surface area contributed by atoms with Gasteiger partial charge in [-0.25, -0.2) is 14.4 Å². The Morgan fingerprint density at radius 1 is 1.12 bits per heavy atom. The smallest absolute Gasteiger partial charge is 0.316 e. The van der Waals surface area contributed by atoms with Crippen molar-refractivity contribution in [1.29, 1.82) is 0 Å². The molecule has 0 radical (unpaired) electrons. The minimum Gasteiger partial charge on any atom is -0.484 e. The summed E-state index contributed by atoms with van der Waals surface area (Å²) in [6, 6.07) is 12.5. The molecule has 0 bridgehead atoms. The van der Waals surface area contributed by atoms with Gasteiger partial charge < -0.3 is 14.5 Å². The number of hydrogen-bond donors (Lipinski definition) is 1. The first-order valence-electron chi connectivity index (χ1n) is 17.3. The van der Waals surface area contributed by atoms with E-state index in [0.717, 1.165) is 17.5 Å². The van der Waals surface area contributed by atoms with Gasteiger partial charge in [-0.05, 0) is 91.3 Å². The third-order valence-electron chi connectivity index (χ3n) is 11.1. The maximum atomic E-state index is 15.4. The first-order valence-corrected chi connectivity index (χ1v) is 17.3. The molecule has 258 valence electrons. The van der Waals surface area contributed by atoms with Crippen LogP contribution in [0.5, 0.6) is 5.75 Å². The van der Waals surface area contributed by atoms with Crippen LogP contribution in [0, 0.1) is 24.1 Å². The molecular formula is C40H46FN3O5. The summed E-state index contributed by atoms with van der Waals surface area (Å²) in [6.45, 7) is 14.1. The molecule has 3 aliphatic rings. The number of cyclic esters (lactones) is 1. The summed E-state index contributed by atoms with van der Waals surface area (Å²) in [4.78, 5) is 53.3. The van der Waals surface area contributed by atoms with E-state index in [1.54, 1.807) is 19.1 Å². The molecule has 6 rings (SSSR count). The van der Waals surface area contributed by atoms with Crippen molar-refractivity contribution >= 4 is 29.0 Å². The van der Waals surface area contributed by atoms with Crippen molar-refractivity contribution in [3.63, 3.8) is 0 Å². The number of H-pyrrole nitrogens is 1. The Morgan fingerprint density at radius 3 is 2.53 bits per heavy atom. The summed E-state index contributed by atoms with van der Waals surface area (Å²) in [5.74, 6) is -0.311. The van der Waals surface area contributed by atoms with E-state index in [-0.39, 0.29) is 41.9 Å². The van der Waals surface area contributed by atoms with Gasteiger partial charge in [0.05, 0.1) is 28.1 Å². The Labute approximate surface area is 287 Å². The second-order valence-corrected chi connectivity index (χ2v) is 15.1. The zero-order chi connectivity index (χ0) is 35.3. The SMILES string of the molecule is CC[C@H](C[C@]1(CC)C(=O)OCc2c1cc(C1=Nc3cc(F)c(C)c4c3C1(C)CC(=NC(=O)COc1ccccc1)CC4)[nH]c2=O)C(C)(C)C. The fourth-order valence-electron chi connectivity index (χ4n) is 8.25. The lowest BCUT2D eigenvalue weighted by Gasteiger charge is -2.42. The lowest BCUT2D eigenvalue weighted by atomic mass is 9.64. The molecule has 3 aromatic rings. The van der Waals surface area contributed by atoms with Crippen molar-refractivity contribution in [3.8, 4) is 5.75 Å². The lowest BCUT2D eigenvalue weighted by Crippen LogP contribution is -2.46. The molecule has 1 aromatic heterocycles. The number of pyridine rings is 1. The molecule has 49 heavy (non-hydrogen) atoms. The highest BCUT2D eigenvalue weighted by Crippen LogP contribution is 2.51. The molecule has 1 unspecified atom stereocenters. The van der Waals surface area contributed by atoms with Gasteiger partial charge in [-0.2, -0.15) is 0 Å². The predicted molar refractivity (Wildman–Crippen MR) is 189 cm³/mol. The molecule has 0 saturated heterocycles. The quantitative estimate of drug-likeness (QED) is 0.247. The number of nitrogens with zero attached hydrogens (tertiary/aromatic N) is 2. The van der Waals surface area contributed by atoms with Crippen molar-refractivity contribution in [2.45, 2.75) is 104 Å². The summed E-state index contributed by atoms with van der Waals surface area (Å²) in [5.41, 5.74) is 3.35. The van der Waals surface area contributed by atoms with Gasteiger partial charge in [0, 0.05) is 23.6 Å². The number of nitrogens with one attached hydrogen (secondary N) is 1. The van der Waals surface area contributed by atoms with Crippen LogP contribution < -0.4 is 10.3 Å². The van der Waals surface area contributed by atoms with Gasteiger partial charge in [0.1, 0.15) is 18.2 Å². The van der Waals surface area contributed by atoms with Gasteiger partial charge in [0.25, 0.3) is 11.5 Å². The highest BCUT2D eigenvalue weighted by atomic mass is 19.1. The number of amides is 1. The number of ether oxygens (including phenoxy) is 2. The van der Waals surface area contributed by atoms with Gasteiger partial charge in [-0.3, -0.25) is 14.4 Å². The van der Waals surface area contributed by atoms with Crippen LogP contribution >= 0.6 is 0 Å². The number of aromatic nitrogens is 1. The van der Waals surface area contributed by atoms with E-state index in [4.69, 9.17) is 14.5 Å². The second kappa shape index (κ2) is 12.8. The lowest BCUT2D eigenvalue weighted by molar-refractivity contribution is -0.156. The third-order valence-corrected chi connectivity index (χ3v) is 11.1. The van der Waals surface area contributed by atoms with Crippen LogP contribution in [-0.2, 0) is 38.2 Å². The molecule has 0 saturated carbocycles. The van der Waals surface area contributed by atoms with Gasteiger partial charge in [0.15, 0.2) is 6.61 Å². The fraction of sp³-hybridized carbons (Fsp3) is 0.475. The van der Waals surface area contributed by atoms with Crippen LogP contribution in [0.2, 0.25) is 0 Å². The maximum Gasteiger partial charge on any atom is 0.316 e. The molecule has 0 spiro atoms. The van der Waals surface area contributed by atoms with Crippen molar-refractivity contribution in [1.82, 2.24) is 4.98 Å². The van der Waals surface area contributed by atoms with Gasteiger partial charge in [-0.15, -0.1) is 0 Å². The van der Waals surface area contributed by atoms with Crippen LogP contribution in [-0.4, -0.2) is 34.9 Å². The second-order valence-electron chi connectivity index (χ2n) is 15.1. The number of benzene rings is 2.